The van der Waals surface area contributed by atoms with Gasteiger partial charge in [-0.3, -0.25) is 9.20 Å². The number of nitrogens with one attached hydrogen (secondary N) is 1. The molecular weight excluding hydrogens is 512 g/mol. The van der Waals surface area contributed by atoms with Crippen molar-refractivity contribution < 1.29 is 27.1 Å². The van der Waals surface area contributed by atoms with Crippen molar-refractivity contribution in [1.82, 2.24) is 14.7 Å². The molecule has 0 aliphatic carbocycles. The summed E-state index contributed by atoms with van der Waals surface area (Å²) in [6, 6.07) is 14.7. The Bertz CT molecular complexity index is 1510. The van der Waals surface area contributed by atoms with Crippen LogP contribution < -0.4 is 15.0 Å². The largest absolute Gasteiger partial charge is 0.573 e. The number of pyridine rings is 1. The first kappa shape index (κ1) is 26.5. The number of nitrogens with zero attached hydrogens (tertiary/aromatic N) is 3. The molecule has 1 amide bonds. The van der Waals surface area contributed by atoms with E-state index in [4.69, 9.17) is 0 Å². The minimum Gasteiger partial charge on any atom is -0.406 e. The Hall–Kier alpha value is -4.08. The monoisotopic (exact) mass is 540 g/mol. The smallest absolute Gasteiger partial charge is 0.406 e. The molecule has 1 aliphatic heterocycles. The molecule has 0 radical (unpaired) electrons. The normalized spacial score (nSPS) is 14.6. The number of hydrogen-bond acceptors (Lipinski definition) is 4. The maximum atomic E-state index is 15.1. The van der Waals surface area contributed by atoms with E-state index in [1.807, 2.05) is 36.2 Å². The second-order valence-electron chi connectivity index (χ2n) is 9.82. The predicted octanol–water partition coefficient (Wildman–Crippen LogP) is 6.30. The Labute approximate surface area is 223 Å². The molecule has 6 nitrogen and oxygen atoms in total. The first-order valence-corrected chi connectivity index (χ1v) is 12.7. The summed E-state index contributed by atoms with van der Waals surface area (Å²) in [6.07, 6.45) is -1.62. The summed E-state index contributed by atoms with van der Waals surface area (Å²) in [5.74, 6) is -0.890. The number of imidazole rings is 1. The zero-order chi connectivity index (χ0) is 27.7. The minimum absolute atomic E-state index is 0.0104. The average molecular weight is 541 g/mol. The second kappa shape index (κ2) is 10.6. The predicted molar refractivity (Wildman–Crippen MR) is 140 cm³/mol. The topological polar surface area (TPSA) is 58.9 Å². The van der Waals surface area contributed by atoms with Crippen LogP contribution in [0.1, 0.15) is 51.6 Å². The maximum Gasteiger partial charge on any atom is 0.573 e. The fourth-order valence-corrected chi connectivity index (χ4v) is 5.14. The zero-order valence-electron chi connectivity index (χ0n) is 21.6. The third-order valence-electron chi connectivity index (χ3n) is 7.04. The van der Waals surface area contributed by atoms with Gasteiger partial charge in [-0.2, -0.15) is 0 Å². The van der Waals surface area contributed by atoms with Crippen LogP contribution in [0.15, 0.2) is 60.8 Å². The van der Waals surface area contributed by atoms with Crippen molar-refractivity contribution in [3.8, 4) is 5.75 Å². The van der Waals surface area contributed by atoms with Crippen LogP contribution in [0.3, 0.4) is 0 Å². The van der Waals surface area contributed by atoms with Crippen molar-refractivity contribution in [2.24, 2.45) is 0 Å². The van der Waals surface area contributed by atoms with Gasteiger partial charge in [0.2, 0.25) is 0 Å². The highest BCUT2D eigenvalue weighted by Crippen LogP contribution is 2.34. The quantitative estimate of drug-likeness (QED) is 0.292. The summed E-state index contributed by atoms with van der Waals surface area (Å²) in [5.41, 5.74) is 4.69. The number of halogens is 4. The van der Waals surface area contributed by atoms with Gasteiger partial charge in [0.25, 0.3) is 5.91 Å². The van der Waals surface area contributed by atoms with E-state index in [1.54, 1.807) is 23.5 Å². The highest BCUT2D eigenvalue weighted by Gasteiger charge is 2.31. The molecule has 2 aromatic carbocycles. The number of aromatic nitrogens is 2. The van der Waals surface area contributed by atoms with Crippen molar-refractivity contribution >= 4 is 17.2 Å². The number of carbonyl (C=O) groups is 1. The van der Waals surface area contributed by atoms with E-state index >= 15 is 4.39 Å². The molecule has 4 aromatic rings. The molecule has 1 aliphatic rings. The Morgan fingerprint density at radius 2 is 1.85 bits per heavy atom. The molecule has 0 unspecified atom stereocenters. The van der Waals surface area contributed by atoms with Gasteiger partial charge in [-0.25, -0.2) is 9.37 Å². The van der Waals surface area contributed by atoms with E-state index in [0.717, 1.165) is 5.56 Å². The number of benzene rings is 2. The van der Waals surface area contributed by atoms with Crippen LogP contribution in [0.5, 0.6) is 5.75 Å². The molecule has 0 spiro atoms. The van der Waals surface area contributed by atoms with E-state index in [9.17, 15) is 18.0 Å². The van der Waals surface area contributed by atoms with Crippen LogP contribution in [-0.4, -0.2) is 34.7 Å². The molecule has 2 aromatic heterocycles. The third-order valence-corrected chi connectivity index (χ3v) is 7.04. The molecule has 0 bridgehead atoms. The van der Waals surface area contributed by atoms with Gasteiger partial charge >= 0.3 is 6.36 Å². The summed E-state index contributed by atoms with van der Waals surface area (Å²) in [7, 11) is 0. The standard InChI is InChI=1S/C29H28F4N4O2/c1-18-8-13-37-26(14-18)35-19(2)27(37)28(38)34-17-20-6-7-24(25(30)15-20)21-9-11-36(12-10-21)22-4-3-5-23(16-22)39-29(31,32)33/h3-8,13-16,21H,9-12,17H2,1-2H3,(H,34,38). The van der Waals surface area contributed by atoms with Gasteiger partial charge in [-0.1, -0.05) is 18.2 Å². The molecule has 0 saturated carbocycles. The number of amides is 1. The van der Waals surface area contributed by atoms with Gasteiger partial charge < -0.3 is 15.0 Å². The molecule has 1 saturated heterocycles. The van der Waals surface area contributed by atoms with Gasteiger partial charge in [0.05, 0.1) is 5.69 Å². The zero-order valence-corrected chi connectivity index (χ0v) is 21.6. The number of alkyl halides is 3. The van der Waals surface area contributed by atoms with Crippen LogP contribution in [0, 0.1) is 19.7 Å². The highest BCUT2D eigenvalue weighted by molar-refractivity contribution is 5.94. The molecule has 10 heteroatoms. The lowest BCUT2D eigenvalue weighted by molar-refractivity contribution is -0.274. The Balaban J connectivity index is 1.20. The van der Waals surface area contributed by atoms with E-state index in [2.05, 4.69) is 15.0 Å². The SMILES string of the molecule is Cc1ccn2c(C(=O)NCc3ccc(C4CCN(c5cccc(OC(F)(F)F)c5)CC4)c(F)c3)c(C)nc2c1. The van der Waals surface area contributed by atoms with Crippen molar-refractivity contribution in [1.29, 1.82) is 0 Å². The van der Waals surface area contributed by atoms with E-state index < -0.39 is 6.36 Å². The Kier molecular flexibility index (Phi) is 7.20. The Morgan fingerprint density at radius 3 is 2.56 bits per heavy atom. The molecule has 0 atom stereocenters. The van der Waals surface area contributed by atoms with E-state index in [-0.39, 0.29) is 29.9 Å². The van der Waals surface area contributed by atoms with Crippen molar-refractivity contribution in [3.05, 3.63) is 94.7 Å². The van der Waals surface area contributed by atoms with E-state index in [1.165, 1.54) is 24.3 Å². The van der Waals surface area contributed by atoms with Crippen LogP contribution in [0.25, 0.3) is 5.65 Å². The first-order valence-electron chi connectivity index (χ1n) is 12.7. The maximum absolute atomic E-state index is 15.1. The van der Waals surface area contributed by atoms with Crippen molar-refractivity contribution in [2.45, 2.75) is 45.5 Å². The van der Waals surface area contributed by atoms with Gasteiger partial charge in [-0.05, 0) is 79.6 Å². The molecule has 39 heavy (non-hydrogen) atoms. The minimum atomic E-state index is -4.75. The number of piperidine rings is 1. The summed E-state index contributed by atoms with van der Waals surface area (Å²) >= 11 is 0. The molecule has 1 fully saturated rings. The van der Waals surface area contributed by atoms with Crippen molar-refractivity contribution in [2.75, 3.05) is 18.0 Å². The van der Waals surface area contributed by atoms with Crippen LogP contribution in [-0.2, 0) is 6.54 Å². The molecule has 5 rings (SSSR count). The van der Waals surface area contributed by atoms with Crippen molar-refractivity contribution in [3.63, 3.8) is 0 Å². The lowest BCUT2D eigenvalue weighted by Gasteiger charge is -2.34. The van der Waals surface area contributed by atoms with Gasteiger partial charge in [0, 0.05) is 37.6 Å². The fraction of sp³-hybridized carbons (Fsp3) is 0.310. The highest BCUT2D eigenvalue weighted by atomic mass is 19.4. The number of aryl methyl sites for hydroxylation is 2. The van der Waals surface area contributed by atoms with Crippen LogP contribution in [0.2, 0.25) is 0 Å². The van der Waals surface area contributed by atoms with Gasteiger partial charge in [0.1, 0.15) is 22.9 Å². The average Bonchev–Trinajstić information content (AvgIpc) is 3.21. The molecular formula is C29H28F4N4O2. The summed E-state index contributed by atoms with van der Waals surface area (Å²) in [6.45, 7) is 5.07. The number of rotatable bonds is 6. The number of hydrogen-bond donors (Lipinski definition) is 1. The van der Waals surface area contributed by atoms with E-state index in [0.29, 0.717) is 59.8 Å². The lowest BCUT2D eigenvalue weighted by Crippen LogP contribution is -2.33. The lowest BCUT2D eigenvalue weighted by atomic mass is 9.88. The number of anilines is 1. The van der Waals surface area contributed by atoms with Crippen LogP contribution >= 0.6 is 0 Å². The van der Waals surface area contributed by atoms with Crippen LogP contribution in [0.4, 0.5) is 23.2 Å². The summed E-state index contributed by atoms with van der Waals surface area (Å²) in [5, 5.41) is 2.86. The third kappa shape index (κ3) is 6.00. The molecule has 3 heterocycles. The molecule has 1 N–H and O–H groups in total. The summed E-state index contributed by atoms with van der Waals surface area (Å²) in [4.78, 5) is 19.3. The number of ether oxygens (including phenoxy) is 1. The second-order valence-corrected chi connectivity index (χ2v) is 9.82. The van der Waals surface area contributed by atoms with Gasteiger partial charge in [-0.15, -0.1) is 13.2 Å². The fourth-order valence-electron chi connectivity index (χ4n) is 5.14. The number of fused-ring (bicyclic) bond motifs is 1. The van der Waals surface area contributed by atoms with Gasteiger partial charge in [0.15, 0.2) is 0 Å². The Morgan fingerprint density at radius 1 is 1.08 bits per heavy atom. The first-order chi connectivity index (χ1) is 18.6. The molecule has 204 valence electrons. The number of carbonyl (C=O) groups excluding carboxylic acids is 1. The summed E-state index contributed by atoms with van der Waals surface area (Å²) < 4.78 is 58.6.